The summed E-state index contributed by atoms with van der Waals surface area (Å²) in [7, 11) is 1.82. The summed E-state index contributed by atoms with van der Waals surface area (Å²) in [5.74, 6) is 0.104. The zero-order valence-electron chi connectivity index (χ0n) is 11.1. The van der Waals surface area contributed by atoms with E-state index in [-0.39, 0.29) is 11.8 Å². The minimum Gasteiger partial charge on any atom is -0.454 e. The van der Waals surface area contributed by atoms with E-state index >= 15 is 0 Å². The van der Waals surface area contributed by atoms with Crippen LogP contribution in [0.4, 0.5) is 4.39 Å². The van der Waals surface area contributed by atoms with Crippen LogP contribution in [0.5, 0.6) is 11.5 Å². The molecule has 1 unspecified atom stereocenters. The van der Waals surface area contributed by atoms with Crippen LogP contribution in [0.3, 0.4) is 0 Å². The van der Waals surface area contributed by atoms with E-state index in [0.717, 1.165) is 5.56 Å². The molecule has 0 radical (unpaired) electrons. The Kier molecular flexibility index (Phi) is 4.86. The highest BCUT2D eigenvalue weighted by Crippen LogP contribution is 2.30. The molecule has 20 heavy (non-hydrogen) atoms. The molecule has 0 aliphatic rings. The van der Waals surface area contributed by atoms with E-state index in [1.807, 2.05) is 20.0 Å². The van der Waals surface area contributed by atoms with Gasteiger partial charge in [0.1, 0.15) is 5.75 Å². The average Bonchev–Trinajstić information content (AvgIpc) is 2.39. The van der Waals surface area contributed by atoms with Crippen molar-refractivity contribution >= 4 is 23.2 Å². The van der Waals surface area contributed by atoms with Gasteiger partial charge in [-0.1, -0.05) is 29.3 Å². The Bertz CT molecular complexity index is 599. The summed E-state index contributed by atoms with van der Waals surface area (Å²) in [6.07, 6.45) is 0. The van der Waals surface area contributed by atoms with Gasteiger partial charge in [-0.25, -0.2) is 4.39 Å². The van der Waals surface area contributed by atoms with E-state index in [4.69, 9.17) is 27.9 Å². The number of hydrogen-bond acceptors (Lipinski definition) is 2. The van der Waals surface area contributed by atoms with Crippen molar-refractivity contribution in [2.24, 2.45) is 0 Å². The molecule has 0 aromatic heterocycles. The van der Waals surface area contributed by atoms with Gasteiger partial charge in [0, 0.05) is 16.1 Å². The lowest BCUT2D eigenvalue weighted by Gasteiger charge is -2.13. The first-order valence-corrected chi connectivity index (χ1v) is 6.86. The first-order valence-electron chi connectivity index (χ1n) is 6.10. The summed E-state index contributed by atoms with van der Waals surface area (Å²) < 4.78 is 19.5. The smallest absolute Gasteiger partial charge is 0.166 e. The van der Waals surface area contributed by atoms with Crippen LogP contribution in [-0.4, -0.2) is 7.05 Å². The quantitative estimate of drug-likeness (QED) is 0.837. The highest BCUT2D eigenvalue weighted by Gasteiger charge is 2.10. The molecule has 1 N–H and O–H groups in total. The second-order valence-electron chi connectivity index (χ2n) is 4.41. The van der Waals surface area contributed by atoms with Crippen LogP contribution in [0.2, 0.25) is 10.0 Å². The Morgan fingerprint density at radius 2 is 1.75 bits per heavy atom. The summed E-state index contributed by atoms with van der Waals surface area (Å²) in [6.45, 7) is 1.95. The predicted octanol–water partition coefficient (Wildman–Crippen LogP) is 5.21. The molecule has 0 amide bonds. The topological polar surface area (TPSA) is 21.3 Å². The fourth-order valence-corrected chi connectivity index (χ4v) is 2.26. The Morgan fingerprint density at radius 3 is 2.30 bits per heavy atom. The maximum Gasteiger partial charge on any atom is 0.166 e. The molecular weight excluding hydrogens is 300 g/mol. The number of nitrogens with one attached hydrogen (secondary N) is 1. The monoisotopic (exact) mass is 313 g/mol. The average molecular weight is 314 g/mol. The van der Waals surface area contributed by atoms with Crippen LogP contribution in [-0.2, 0) is 0 Å². The molecule has 0 fully saturated rings. The number of benzene rings is 2. The summed E-state index contributed by atoms with van der Waals surface area (Å²) in [6, 6.07) is 9.67. The van der Waals surface area contributed by atoms with Crippen molar-refractivity contribution < 1.29 is 9.13 Å². The second-order valence-corrected chi connectivity index (χ2v) is 5.28. The van der Waals surface area contributed by atoms with Gasteiger partial charge in [0.15, 0.2) is 11.6 Å². The number of ether oxygens (including phenoxy) is 1. The first-order chi connectivity index (χ1) is 9.49. The van der Waals surface area contributed by atoms with Gasteiger partial charge in [-0.3, -0.25) is 0 Å². The van der Waals surface area contributed by atoms with Crippen LogP contribution < -0.4 is 10.1 Å². The van der Waals surface area contributed by atoms with E-state index in [1.165, 1.54) is 6.07 Å². The molecule has 0 spiro atoms. The first kappa shape index (κ1) is 15.1. The molecule has 0 aliphatic heterocycles. The Morgan fingerprint density at radius 1 is 1.10 bits per heavy atom. The van der Waals surface area contributed by atoms with Crippen LogP contribution in [0.15, 0.2) is 36.4 Å². The lowest BCUT2D eigenvalue weighted by atomic mass is 10.1. The van der Waals surface area contributed by atoms with Gasteiger partial charge in [-0.15, -0.1) is 0 Å². The SMILES string of the molecule is CNC(C)c1ccc(Oc2cc(Cl)cc(Cl)c2)c(F)c1. The molecule has 2 nitrogen and oxygen atoms in total. The van der Waals surface area contributed by atoms with Gasteiger partial charge in [0.05, 0.1) is 0 Å². The third-order valence-electron chi connectivity index (χ3n) is 2.95. The van der Waals surface area contributed by atoms with Gasteiger partial charge in [-0.05, 0) is 49.9 Å². The maximum atomic E-state index is 14.0. The lowest BCUT2D eigenvalue weighted by Crippen LogP contribution is -2.12. The molecule has 2 aromatic carbocycles. The molecule has 2 aromatic rings. The van der Waals surface area contributed by atoms with Crippen LogP contribution in [0.25, 0.3) is 0 Å². The zero-order chi connectivity index (χ0) is 14.7. The third-order valence-corrected chi connectivity index (χ3v) is 3.39. The Balaban J connectivity index is 2.25. The van der Waals surface area contributed by atoms with Crippen LogP contribution in [0.1, 0.15) is 18.5 Å². The normalized spacial score (nSPS) is 12.2. The molecule has 106 valence electrons. The minimum atomic E-state index is -0.430. The standard InChI is InChI=1S/C15H14Cl2FNO/c1-9(19-2)10-3-4-15(14(18)5-10)20-13-7-11(16)6-12(17)8-13/h3-9,19H,1-2H3. The molecular formula is C15H14Cl2FNO. The van der Waals surface area contributed by atoms with Crippen molar-refractivity contribution in [1.29, 1.82) is 0 Å². The molecule has 0 bridgehead atoms. The number of hydrogen-bond donors (Lipinski definition) is 1. The number of rotatable bonds is 4. The van der Waals surface area contributed by atoms with Gasteiger partial charge in [-0.2, -0.15) is 0 Å². The summed E-state index contributed by atoms with van der Waals surface area (Å²) >= 11 is 11.8. The van der Waals surface area contributed by atoms with Crippen LogP contribution >= 0.6 is 23.2 Å². The largest absolute Gasteiger partial charge is 0.454 e. The highest BCUT2D eigenvalue weighted by atomic mass is 35.5. The van der Waals surface area contributed by atoms with Crippen LogP contribution in [0, 0.1) is 5.82 Å². The fourth-order valence-electron chi connectivity index (χ4n) is 1.75. The third kappa shape index (κ3) is 3.63. The van der Waals surface area contributed by atoms with Crippen molar-refractivity contribution in [3.05, 3.63) is 57.8 Å². The molecule has 1 atom stereocenters. The van der Waals surface area contributed by atoms with E-state index in [9.17, 15) is 4.39 Å². The summed E-state index contributed by atoms with van der Waals surface area (Å²) in [5.41, 5.74) is 0.849. The van der Waals surface area contributed by atoms with E-state index in [2.05, 4.69) is 5.32 Å². The second kappa shape index (κ2) is 6.44. The van der Waals surface area contributed by atoms with Gasteiger partial charge < -0.3 is 10.1 Å². The highest BCUT2D eigenvalue weighted by molar-refractivity contribution is 6.34. The summed E-state index contributed by atoms with van der Waals surface area (Å²) in [5, 5.41) is 3.93. The lowest BCUT2D eigenvalue weighted by molar-refractivity contribution is 0.441. The minimum absolute atomic E-state index is 0.0687. The molecule has 2 rings (SSSR count). The molecule has 0 saturated carbocycles. The summed E-state index contributed by atoms with van der Waals surface area (Å²) in [4.78, 5) is 0. The molecule has 0 saturated heterocycles. The maximum absolute atomic E-state index is 14.0. The van der Waals surface area contributed by atoms with E-state index in [1.54, 1.807) is 24.3 Å². The predicted molar refractivity (Wildman–Crippen MR) is 80.4 cm³/mol. The van der Waals surface area contributed by atoms with Crippen molar-refractivity contribution in [3.63, 3.8) is 0 Å². The van der Waals surface area contributed by atoms with Crippen molar-refractivity contribution in [2.45, 2.75) is 13.0 Å². The van der Waals surface area contributed by atoms with E-state index < -0.39 is 5.82 Å². The Labute approximate surface area is 127 Å². The number of halogens is 3. The van der Waals surface area contributed by atoms with Crippen molar-refractivity contribution in [3.8, 4) is 11.5 Å². The zero-order valence-corrected chi connectivity index (χ0v) is 12.6. The Hall–Kier alpha value is -1.29. The molecule has 5 heteroatoms. The molecule has 0 aliphatic carbocycles. The van der Waals surface area contributed by atoms with Crippen molar-refractivity contribution in [1.82, 2.24) is 5.32 Å². The van der Waals surface area contributed by atoms with Crippen molar-refractivity contribution in [2.75, 3.05) is 7.05 Å². The van der Waals surface area contributed by atoms with Gasteiger partial charge in [0.2, 0.25) is 0 Å². The van der Waals surface area contributed by atoms with Gasteiger partial charge in [0.25, 0.3) is 0 Å². The molecule has 0 heterocycles. The van der Waals surface area contributed by atoms with E-state index in [0.29, 0.717) is 15.8 Å². The van der Waals surface area contributed by atoms with Gasteiger partial charge >= 0.3 is 0 Å². The fraction of sp³-hybridized carbons (Fsp3) is 0.200.